The third kappa shape index (κ3) is 4.86. The van der Waals surface area contributed by atoms with Gasteiger partial charge in [-0.05, 0) is 67.4 Å². The molecule has 7 nitrogen and oxygen atoms in total. The first-order valence-corrected chi connectivity index (χ1v) is 13.9. The molecule has 0 saturated carbocycles. The highest BCUT2D eigenvalue weighted by Crippen LogP contribution is 2.44. The zero-order chi connectivity index (χ0) is 29.4. The molecule has 212 valence electrons. The van der Waals surface area contributed by atoms with Gasteiger partial charge in [0.25, 0.3) is 5.91 Å². The van der Waals surface area contributed by atoms with Crippen molar-refractivity contribution >= 4 is 34.2 Å². The molecule has 2 heterocycles. The minimum absolute atomic E-state index is 0.00402. The molecular formula is C34H28ClNO6. The van der Waals surface area contributed by atoms with Gasteiger partial charge >= 0.3 is 0 Å². The Kier molecular flexibility index (Phi) is 7.35. The molecular weight excluding hydrogens is 554 g/mol. The van der Waals surface area contributed by atoms with E-state index in [-0.39, 0.29) is 16.8 Å². The molecule has 1 atom stereocenters. The molecule has 0 aliphatic carbocycles. The van der Waals surface area contributed by atoms with Crippen molar-refractivity contribution in [3.63, 3.8) is 0 Å². The Morgan fingerprint density at radius 1 is 0.881 bits per heavy atom. The largest absolute Gasteiger partial charge is 0.495 e. The maximum Gasteiger partial charge on any atom is 0.295 e. The first-order chi connectivity index (χ1) is 20.4. The van der Waals surface area contributed by atoms with E-state index in [0.717, 1.165) is 11.1 Å². The lowest BCUT2D eigenvalue weighted by molar-refractivity contribution is 0.0971. The van der Waals surface area contributed by atoms with Crippen molar-refractivity contribution in [1.29, 1.82) is 0 Å². The zero-order valence-corrected chi connectivity index (χ0v) is 24.1. The van der Waals surface area contributed by atoms with E-state index >= 15 is 0 Å². The number of hydrogen-bond donors (Lipinski definition) is 0. The van der Waals surface area contributed by atoms with Crippen LogP contribution in [-0.2, 0) is 6.61 Å². The van der Waals surface area contributed by atoms with Crippen LogP contribution in [0.5, 0.6) is 17.2 Å². The van der Waals surface area contributed by atoms with Crippen molar-refractivity contribution in [1.82, 2.24) is 0 Å². The summed E-state index contributed by atoms with van der Waals surface area (Å²) < 4.78 is 23.5. The van der Waals surface area contributed by atoms with Crippen LogP contribution in [0.4, 0.5) is 5.69 Å². The Labute approximate surface area is 247 Å². The topological polar surface area (TPSA) is 78.2 Å². The van der Waals surface area contributed by atoms with Crippen molar-refractivity contribution in [2.75, 3.05) is 18.6 Å². The van der Waals surface area contributed by atoms with Crippen LogP contribution in [0.25, 0.3) is 11.0 Å². The van der Waals surface area contributed by atoms with Crippen LogP contribution in [0.1, 0.15) is 45.8 Å². The standard InChI is InChI=1S/C34H28ClNO6/c1-4-40-29-17-22(11-14-28(29)41-19-21-8-6-5-7-9-21)31-30-32(37)24-16-20(2)10-13-26(24)42-33(30)34(38)36(31)23-12-15-27(39-3)25(35)18-23/h5-18,31H,4,19H2,1-3H3. The number of amides is 1. The van der Waals surface area contributed by atoms with Gasteiger partial charge in [0, 0.05) is 5.69 Å². The molecule has 8 heteroatoms. The molecule has 1 aliphatic heterocycles. The Bertz CT molecular complexity index is 1870. The maximum absolute atomic E-state index is 14.0. The fourth-order valence-electron chi connectivity index (χ4n) is 5.29. The normalized spacial score (nSPS) is 14.2. The lowest BCUT2D eigenvalue weighted by Gasteiger charge is -2.26. The summed E-state index contributed by atoms with van der Waals surface area (Å²) in [6, 6.07) is 24.9. The predicted octanol–water partition coefficient (Wildman–Crippen LogP) is 7.49. The van der Waals surface area contributed by atoms with Crippen molar-refractivity contribution in [3.05, 3.63) is 128 Å². The second-order valence-electron chi connectivity index (χ2n) is 9.98. The summed E-state index contributed by atoms with van der Waals surface area (Å²) in [4.78, 5) is 29.6. The Morgan fingerprint density at radius 3 is 2.40 bits per heavy atom. The Balaban J connectivity index is 1.51. The first kappa shape index (κ1) is 27.4. The molecule has 0 fully saturated rings. The number of rotatable bonds is 8. The molecule has 1 aliphatic rings. The highest BCUT2D eigenvalue weighted by atomic mass is 35.5. The minimum atomic E-state index is -0.805. The molecule has 4 aromatic carbocycles. The summed E-state index contributed by atoms with van der Waals surface area (Å²) in [6.07, 6.45) is 0. The van der Waals surface area contributed by atoms with E-state index < -0.39 is 11.9 Å². The third-order valence-corrected chi connectivity index (χ3v) is 7.56. The van der Waals surface area contributed by atoms with Crippen molar-refractivity contribution in [3.8, 4) is 17.2 Å². The molecule has 0 N–H and O–H groups in total. The fourth-order valence-corrected chi connectivity index (χ4v) is 5.54. The smallest absolute Gasteiger partial charge is 0.295 e. The monoisotopic (exact) mass is 581 g/mol. The summed E-state index contributed by atoms with van der Waals surface area (Å²) in [7, 11) is 1.52. The average molecular weight is 582 g/mol. The summed E-state index contributed by atoms with van der Waals surface area (Å²) in [6.45, 7) is 4.55. The molecule has 0 radical (unpaired) electrons. The lowest BCUT2D eigenvalue weighted by atomic mass is 9.97. The number of nitrogens with zero attached hydrogens (tertiary/aromatic N) is 1. The Morgan fingerprint density at radius 2 is 1.67 bits per heavy atom. The molecule has 0 saturated heterocycles. The quantitative estimate of drug-likeness (QED) is 0.189. The second kappa shape index (κ2) is 11.3. The number of ether oxygens (including phenoxy) is 3. The molecule has 6 rings (SSSR count). The van der Waals surface area contributed by atoms with Gasteiger partial charge in [-0.25, -0.2) is 0 Å². The highest BCUT2D eigenvalue weighted by molar-refractivity contribution is 6.32. The number of hydrogen-bond acceptors (Lipinski definition) is 6. The first-order valence-electron chi connectivity index (χ1n) is 13.6. The molecule has 1 amide bonds. The number of benzene rings is 4. The average Bonchev–Trinajstić information content (AvgIpc) is 3.29. The van der Waals surface area contributed by atoms with E-state index in [9.17, 15) is 9.59 Å². The van der Waals surface area contributed by atoms with Crippen LogP contribution < -0.4 is 24.5 Å². The van der Waals surface area contributed by atoms with E-state index in [1.54, 1.807) is 36.4 Å². The zero-order valence-electron chi connectivity index (χ0n) is 23.3. The van der Waals surface area contributed by atoms with E-state index in [1.807, 2.05) is 62.4 Å². The number of methoxy groups -OCH3 is 1. The number of anilines is 1. The summed E-state index contributed by atoms with van der Waals surface area (Å²) in [5.74, 6) is 1.07. The summed E-state index contributed by atoms with van der Waals surface area (Å²) >= 11 is 6.48. The van der Waals surface area contributed by atoms with Crippen molar-refractivity contribution in [2.45, 2.75) is 26.5 Å². The Hall–Kier alpha value is -4.75. The van der Waals surface area contributed by atoms with E-state index in [1.165, 1.54) is 12.0 Å². The van der Waals surface area contributed by atoms with Gasteiger partial charge in [-0.15, -0.1) is 0 Å². The lowest BCUT2D eigenvalue weighted by Crippen LogP contribution is -2.29. The number of carbonyl (C=O) groups is 1. The van der Waals surface area contributed by atoms with Crippen LogP contribution in [-0.4, -0.2) is 19.6 Å². The van der Waals surface area contributed by atoms with Gasteiger partial charge < -0.3 is 18.6 Å². The number of halogens is 1. The van der Waals surface area contributed by atoms with Gasteiger partial charge in [0.1, 0.15) is 17.9 Å². The minimum Gasteiger partial charge on any atom is -0.495 e. The van der Waals surface area contributed by atoms with Crippen molar-refractivity contribution < 1.29 is 23.4 Å². The van der Waals surface area contributed by atoms with Gasteiger partial charge in [0.2, 0.25) is 5.76 Å². The number of fused-ring (bicyclic) bond motifs is 2. The summed E-state index contributed by atoms with van der Waals surface area (Å²) in [5, 5.41) is 0.742. The molecule has 5 aromatic rings. The van der Waals surface area contributed by atoms with Crippen LogP contribution in [0.3, 0.4) is 0 Å². The van der Waals surface area contributed by atoms with Gasteiger partial charge in [-0.3, -0.25) is 14.5 Å². The molecule has 0 bridgehead atoms. The SMILES string of the molecule is CCOc1cc(C2c3c(oc4ccc(C)cc4c3=O)C(=O)N2c2ccc(OC)c(Cl)c2)ccc1OCc1ccccc1. The van der Waals surface area contributed by atoms with Gasteiger partial charge in [0.15, 0.2) is 16.9 Å². The molecule has 0 spiro atoms. The van der Waals surface area contributed by atoms with Crippen LogP contribution in [0.15, 0.2) is 94.1 Å². The van der Waals surface area contributed by atoms with Crippen LogP contribution in [0, 0.1) is 6.92 Å². The van der Waals surface area contributed by atoms with E-state index in [2.05, 4.69) is 0 Å². The number of carbonyl (C=O) groups excluding carboxylic acids is 1. The molecule has 42 heavy (non-hydrogen) atoms. The predicted molar refractivity (Wildman–Crippen MR) is 162 cm³/mol. The van der Waals surface area contributed by atoms with Gasteiger partial charge in [-0.2, -0.15) is 0 Å². The van der Waals surface area contributed by atoms with Crippen LogP contribution >= 0.6 is 11.6 Å². The van der Waals surface area contributed by atoms with E-state index in [0.29, 0.717) is 57.7 Å². The van der Waals surface area contributed by atoms with E-state index in [4.69, 9.17) is 30.2 Å². The molecule has 1 aromatic heterocycles. The second-order valence-corrected chi connectivity index (χ2v) is 10.4. The molecule has 1 unspecified atom stereocenters. The van der Waals surface area contributed by atoms with Gasteiger partial charge in [-0.1, -0.05) is 59.6 Å². The third-order valence-electron chi connectivity index (χ3n) is 7.26. The number of aryl methyl sites for hydroxylation is 1. The highest BCUT2D eigenvalue weighted by Gasteiger charge is 2.44. The van der Waals surface area contributed by atoms with Gasteiger partial charge in [0.05, 0.1) is 35.7 Å². The van der Waals surface area contributed by atoms with Crippen LogP contribution in [0.2, 0.25) is 5.02 Å². The maximum atomic E-state index is 14.0. The van der Waals surface area contributed by atoms with Crippen molar-refractivity contribution in [2.24, 2.45) is 0 Å². The fraction of sp³-hybridized carbons (Fsp3) is 0.176. The summed E-state index contributed by atoms with van der Waals surface area (Å²) in [5.41, 5.74) is 3.41.